The fraction of sp³-hybridized carbons (Fsp3) is 1.00. The summed E-state index contributed by atoms with van der Waals surface area (Å²) in [6.45, 7) is 3.26. The molecule has 1 N–H and O–H groups in total. The minimum atomic E-state index is -0.126. The molecule has 4 unspecified atom stereocenters. The topological polar surface area (TPSA) is 30.5 Å². The van der Waals surface area contributed by atoms with Gasteiger partial charge in [-0.2, -0.15) is 0 Å². The van der Waals surface area contributed by atoms with Gasteiger partial charge in [-0.25, -0.2) is 0 Å². The molecule has 2 saturated carbocycles. The van der Waals surface area contributed by atoms with Crippen LogP contribution in [0.5, 0.6) is 0 Å². The van der Waals surface area contributed by atoms with Gasteiger partial charge >= 0.3 is 0 Å². The molecule has 4 atom stereocenters. The molecule has 2 aliphatic rings. The zero-order chi connectivity index (χ0) is 11.5. The van der Waals surface area contributed by atoms with Gasteiger partial charge in [0.15, 0.2) is 6.29 Å². The highest BCUT2D eigenvalue weighted by molar-refractivity contribution is 4.91. The molecular weight excluding hydrogens is 202 g/mol. The van der Waals surface area contributed by atoms with Gasteiger partial charge in [0.2, 0.25) is 0 Å². The van der Waals surface area contributed by atoms with Gasteiger partial charge in [0.05, 0.1) is 6.04 Å². The van der Waals surface area contributed by atoms with E-state index in [2.05, 4.69) is 12.2 Å². The normalized spacial score (nSPS) is 34.9. The maximum absolute atomic E-state index is 5.25. The van der Waals surface area contributed by atoms with Crippen LogP contribution in [0.25, 0.3) is 0 Å². The Morgan fingerprint density at radius 1 is 1.19 bits per heavy atom. The molecule has 0 heterocycles. The number of nitrogens with one attached hydrogen (secondary N) is 1. The van der Waals surface area contributed by atoms with E-state index in [1.165, 1.54) is 25.7 Å². The fourth-order valence-corrected chi connectivity index (χ4v) is 3.56. The molecule has 2 bridgehead atoms. The van der Waals surface area contributed by atoms with E-state index in [-0.39, 0.29) is 12.3 Å². The van der Waals surface area contributed by atoms with E-state index in [1.54, 1.807) is 14.2 Å². The summed E-state index contributed by atoms with van der Waals surface area (Å²) in [5, 5.41) is 3.56. The highest BCUT2D eigenvalue weighted by Crippen LogP contribution is 2.47. The van der Waals surface area contributed by atoms with Crippen LogP contribution in [0.3, 0.4) is 0 Å². The first-order valence-electron chi connectivity index (χ1n) is 6.53. The molecule has 0 aromatic rings. The lowest BCUT2D eigenvalue weighted by Gasteiger charge is -2.27. The Labute approximate surface area is 98.9 Å². The van der Waals surface area contributed by atoms with Crippen molar-refractivity contribution in [3.05, 3.63) is 0 Å². The van der Waals surface area contributed by atoms with Crippen molar-refractivity contribution >= 4 is 0 Å². The zero-order valence-corrected chi connectivity index (χ0v) is 10.7. The van der Waals surface area contributed by atoms with E-state index in [4.69, 9.17) is 9.47 Å². The molecule has 0 aromatic carbocycles. The van der Waals surface area contributed by atoms with E-state index >= 15 is 0 Å². The second-order valence-corrected chi connectivity index (χ2v) is 5.47. The van der Waals surface area contributed by atoms with Crippen molar-refractivity contribution in [2.75, 3.05) is 20.8 Å². The van der Waals surface area contributed by atoms with E-state index in [9.17, 15) is 0 Å². The van der Waals surface area contributed by atoms with Gasteiger partial charge in [-0.05, 0) is 50.5 Å². The van der Waals surface area contributed by atoms with Gasteiger partial charge in [0.1, 0.15) is 0 Å². The van der Waals surface area contributed by atoms with Crippen molar-refractivity contribution < 1.29 is 9.47 Å². The highest BCUT2D eigenvalue weighted by atomic mass is 16.7. The second kappa shape index (κ2) is 5.48. The van der Waals surface area contributed by atoms with E-state index in [0.29, 0.717) is 0 Å². The lowest BCUT2D eigenvalue weighted by atomic mass is 9.89. The third kappa shape index (κ3) is 2.58. The molecule has 2 rings (SSSR count). The standard InChI is InChI=1S/C13H25NO2/c1-9(13(15-2)16-3)14-8-12-7-10-4-5-11(12)6-10/h9-14H,4-8H2,1-3H3. The Bertz CT molecular complexity index is 218. The van der Waals surface area contributed by atoms with Crippen molar-refractivity contribution in [3.8, 4) is 0 Å². The van der Waals surface area contributed by atoms with Crippen LogP contribution in [-0.4, -0.2) is 33.1 Å². The first-order valence-corrected chi connectivity index (χ1v) is 6.53. The molecule has 2 aliphatic carbocycles. The largest absolute Gasteiger partial charge is 0.354 e. The molecule has 3 nitrogen and oxygen atoms in total. The average molecular weight is 227 g/mol. The van der Waals surface area contributed by atoms with Crippen LogP contribution in [0, 0.1) is 17.8 Å². The van der Waals surface area contributed by atoms with Crippen molar-refractivity contribution in [3.63, 3.8) is 0 Å². The molecule has 3 heteroatoms. The SMILES string of the molecule is COC(OC)C(C)NCC1CC2CCC1C2. The van der Waals surface area contributed by atoms with Gasteiger partial charge < -0.3 is 14.8 Å². The Kier molecular flexibility index (Phi) is 4.22. The van der Waals surface area contributed by atoms with E-state index < -0.39 is 0 Å². The summed E-state index contributed by atoms with van der Waals surface area (Å²) in [6.07, 6.45) is 5.74. The molecule has 0 saturated heterocycles. The van der Waals surface area contributed by atoms with Crippen LogP contribution >= 0.6 is 0 Å². The Morgan fingerprint density at radius 2 is 1.94 bits per heavy atom. The van der Waals surface area contributed by atoms with Crippen LogP contribution in [-0.2, 0) is 9.47 Å². The van der Waals surface area contributed by atoms with Crippen LogP contribution in [0.1, 0.15) is 32.6 Å². The van der Waals surface area contributed by atoms with Crippen LogP contribution in [0.2, 0.25) is 0 Å². The summed E-state index contributed by atoms with van der Waals surface area (Å²) in [5.74, 6) is 2.93. The van der Waals surface area contributed by atoms with Crippen molar-refractivity contribution in [2.45, 2.75) is 44.9 Å². The third-order valence-electron chi connectivity index (χ3n) is 4.46. The zero-order valence-electron chi connectivity index (χ0n) is 10.7. The summed E-state index contributed by atoms with van der Waals surface area (Å²) in [6, 6.07) is 0.272. The van der Waals surface area contributed by atoms with Gasteiger partial charge in [-0.15, -0.1) is 0 Å². The number of methoxy groups -OCH3 is 2. The quantitative estimate of drug-likeness (QED) is 0.704. The molecule has 2 fully saturated rings. The van der Waals surface area contributed by atoms with Crippen molar-refractivity contribution in [1.29, 1.82) is 0 Å². The minimum Gasteiger partial charge on any atom is -0.354 e. The van der Waals surface area contributed by atoms with Crippen molar-refractivity contribution in [1.82, 2.24) is 5.32 Å². The summed E-state index contributed by atoms with van der Waals surface area (Å²) >= 11 is 0. The Morgan fingerprint density at radius 3 is 2.44 bits per heavy atom. The fourth-order valence-electron chi connectivity index (χ4n) is 3.56. The number of ether oxygens (including phenoxy) is 2. The van der Waals surface area contributed by atoms with E-state index in [0.717, 1.165) is 24.3 Å². The molecule has 0 radical (unpaired) electrons. The number of hydrogen-bond acceptors (Lipinski definition) is 3. The first-order chi connectivity index (χ1) is 7.74. The highest BCUT2D eigenvalue weighted by Gasteiger charge is 2.39. The van der Waals surface area contributed by atoms with Crippen LogP contribution < -0.4 is 5.32 Å². The summed E-state index contributed by atoms with van der Waals surface area (Å²) in [4.78, 5) is 0. The number of hydrogen-bond donors (Lipinski definition) is 1. The van der Waals surface area contributed by atoms with Crippen LogP contribution in [0.15, 0.2) is 0 Å². The molecule has 0 amide bonds. The smallest absolute Gasteiger partial charge is 0.171 e. The van der Waals surface area contributed by atoms with Gasteiger partial charge in [-0.3, -0.25) is 0 Å². The molecule has 16 heavy (non-hydrogen) atoms. The summed E-state index contributed by atoms with van der Waals surface area (Å²) < 4.78 is 10.5. The molecular formula is C13H25NO2. The lowest BCUT2D eigenvalue weighted by molar-refractivity contribution is -0.119. The number of rotatable bonds is 6. The third-order valence-corrected chi connectivity index (χ3v) is 4.46. The second-order valence-electron chi connectivity index (χ2n) is 5.47. The Hall–Kier alpha value is -0.120. The van der Waals surface area contributed by atoms with Gasteiger partial charge in [0.25, 0.3) is 0 Å². The summed E-state index contributed by atoms with van der Waals surface area (Å²) in [7, 11) is 3.40. The maximum Gasteiger partial charge on any atom is 0.171 e. The van der Waals surface area contributed by atoms with Crippen LogP contribution in [0.4, 0.5) is 0 Å². The van der Waals surface area contributed by atoms with E-state index in [1.807, 2.05) is 0 Å². The monoisotopic (exact) mass is 227 g/mol. The first kappa shape index (κ1) is 12.3. The molecule has 0 spiro atoms. The van der Waals surface area contributed by atoms with Gasteiger partial charge in [-0.1, -0.05) is 6.42 Å². The summed E-state index contributed by atoms with van der Waals surface area (Å²) in [5.41, 5.74) is 0. The maximum atomic E-state index is 5.25. The van der Waals surface area contributed by atoms with Crippen molar-refractivity contribution in [2.24, 2.45) is 17.8 Å². The number of fused-ring (bicyclic) bond motifs is 2. The predicted molar refractivity (Wildman–Crippen MR) is 64.2 cm³/mol. The molecule has 0 aromatic heterocycles. The molecule has 0 aliphatic heterocycles. The minimum absolute atomic E-state index is 0.126. The molecule has 94 valence electrons. The average Bonchev–Trinajstić information content (AvgIpc) is 2.89. The van der Waals surface area contributed by atoms with Gasteiger partial charge in [0, 0.05) is 14.2 Å². The lowest BCUT2D eigenvalue weighted by Crippen LogP contribution is -2.42. The Balaban J connectivity index is 1.71. The predicted octanol–water partition coefficient (Wildman–Crippen LogP) is 2.02.